The minimum Gasteiger partial charge on any atom is -0.343 e. The number of aromatic nitrogens is 1. The van der Waals surface area contributed by atoms with Crippen molar-refractivity contribution in [3.63, 3.8) is 0 Å². The number of nitrogens with one attached hydrogen (secondary N) is 1. The molecule has 1 fully saturated rings. The number of piperidine rings is 1. The third kappa shape index (κ3) is 4.14. The highest BCUT2D eigenvalue weighted by molar-refractivity contribution is 7.95. The molecule has 0 spiro atoms. The second-order valence-corrected chi connectivity index (χ2v) is 11.3. The van der Waals surface area contributed by atoms with Gasteiger partial charge in [0.2, 0.25) is 5.91 Å². The van der Waals surface area contributed by atoms with Crippen molar-refractivity contribution in [3.8, 4) is 0 Å². The zero-order chi connectivity index (χ0) is 20.8. The molecule has 4 rings (SSSR count). The van der Waals surface area contributed by atoms with E-state index in [1.165, 1.54) is 22.7 Å². The molecule has 0 radical (unpaired) electrons. The number of fused-ring (bicyclic) bond motifs is 1. The second-order valence-electron chi connectivity index (χ2n) is 7.12. The molecule has 1 N–H and O–H groups in total. The lowest BCUT2D eigenvalue weighted by Crippen LogP contribution is -2.36. The Morgan fingerprint density at radius 3 is 2.72 bits per heavy atom. The molecule has 1 aliphatic heterocycles. The van der Waals surface area contributed by atoms with Crippen molar-refractivity contribution in [2.24, 2.45) is 0 Å². The summed E-state index contributed by atoms with van der Waals surface area (Å²) in [6, 6.07) is 5.38. The number of amides is 1. The molecule has 0 atom stereocenters. The number of aryl methyl sites for hydroxylation is 1. The standard InChI is InChI=1S/C19H20ClN3O3S3/c1-11-15-9-14(20)3-4-17(15)28-18(11)29(25,26)22-19-21-16(10-27-19)13-5-7-23(8-6-13)12(2)24/h3-4,9-10,13H,5-8H2,1-2H3,(H,21,22). The monoisotopic (exact) mass is 469 g/mol. The van der Waals surface area contributed by atoms with Gasteiger partial charge in [-0.15, -0.1) is 22.7 Å². The van der Waals surface area contributed by atoms with E-state index in [-0.39, 0.29) is 16.0 Å². The maximum Gasteiger partial charge on any atom is 0.273 e. The Labute approximate surface area is 182 Å². The molecule has 10 heteroatoms. The zero-order valence-electron chi connectivity index (χ0n) is 15.9. The maximum absolute atomic E-state index is 13.0. The Morgan fingerprint density at radius 1 is 1.31 bits per heavy atom. The van der Waals surface area contributed by atoms with Crippen LogP contribution in [-0.2, 0) is 14.8 Å². The van der Waals surface area contributed by atoms with E-state index >= 15 is 0 Å². The number of hydrogen-bond acceptors (Lipinski definition) is 6. The molecule has 154 valence electrons. The number of benzene rings is 1. The smallest absolute Gasteiger partial charge is 0.273 e. The van der Waals surface area contributed by atoms with Gasteiger partial charge in [-0.2, -0.15) is 0 Å². The van der Waals surface area contributed by atoms with E-state index in [1.807, 2.05) is 16.3 Å². The lowest BCUT2D eigenvalue weighted by molar-refractivity contribution is -0.129. The minimum absolute atomic E-state index is 0.0927. The number of nitrogens with zero attached hydrogens (tertiary/aromatic N) is 2. The number of likely N-dealkylation sites (tertiary alicyclic amines) is 1. The Hall–Kier alpha value is -1.68. The highest BCUT2D eigenvalue weighted by Gasteiger charge is 2.26. The Bertz CT molecular complexity index is 1180. The number of hydrogen-bond donors (Lipinski definition) is 1. The largest absolute Gasteiger partial charge is 0.343 e. The van der Waals surface area contributed by atoms with Crippen molar-refractivity contribution in [2.45, 2.75) is 36.8 Å². The van der Waals surface area contributed by atoms with Crippen molar-refractivity contribution in [1.29, 1.82) is 0 Å². The van der Waals surface area contributed by atoms with Gasteiger partial charge < -0.3 is 4.90 Å². The van der Waals surface area contributed by atoms with E-state index in [4.69, 9.17) is 11.6 Å². The number of thiophene rings is 1. The number of carbonyl (C=O) groups excluding carboxylic acids is 1. The van der Waals surface area contributed by atoms with Crippen molar-refractivity contribution >= 4 is 65.4 Å². The number of halogens is 1. The normalized spacial score (nSPS) is 15.8. The molecular weight excluding hydrogens is 450 g/mol. The average Bonchev–Trinajstić information content (AvgIpc) is 3.26. The minimum atomic E-state index is -3.74. The van der Waals surface area contributed by atoms with Crippen LogP contribution >= 0.6 is 34.3 Å². The summed E-state index contributed by atoms with van der Waals surface area (Å²) >= 11 is 8.57. The molecule has 1 aromatic carbocycles. The molecule has 2 aromatic heterocycles. The Kier molecular flexibility index (Phi) is 5.58. The highest BCUT2D eigenvalue weighted by atomic mass is 35.5. The van der Waals surface area contributed by atoms with Crippen LogP contribution in [0.15, 0.2) is 27.8 Å². The second kappa shape index (κ2) is 7.86. The lowest BCUT2D eigenvalue weighted by atomic mass is 9.94. The predicted molar refractivity (Wildman–Crippen MR) is 119 cm³/mol. The Balaban J connectivity index is 1.53. The summed E-state index contributed by atoms with van der Waals surface area (Å²) in [7, 11) is -3.74. The molecule has 1 saturated heterocycles. The van der Waals surface area contributed by atoms with Crippen LogP contribution in [0.1, 0.15) is 36.9 Å². The highest BCUT2D eigenvalue weighted by Crippen LogP contribution is 2.37. The van der Waals surface area contributed by atoms with Crippen LogP contribution < -0.4 is 4.72 Å². The molecule has 0 bridgehead atoms. The van der Waals surface area contributed by atoms with Crippen LogP contribution in [0.4, 0.5) is 5.13 Å². The predicted octanol–water partition coefficient (Wildman–Crippen LogP) is 4.85. The van der Waals surface area contributed by atoms with Crippen LogP contribution in [0.2, 0.25) is 5.02 Å². The van der Waals surface area contributed by atoms with Crippen molar-refractivity contribution in [2.75, 3.05) is 17.8 Å². The molecule has 1 amide bonds. The fraction of sp³-hybridized carbons (Fsp3) is 0.368. The summed E-state index contributed by atoms with van der Waals surface area (Å²) in [4.78, 5) is 17.8. The van der Waals surface area contributed by atoms with Crippen LogP contribution in [-0.4, -0.2) is 37.3 Å². The molecular formula is C19H20ClN3O3S3. The molecule has 3 heterocycles. The van der Waals surface area contributed by atoms with Gasteiger partial charge >= 0.3 is 0 Å². The van der Waals surface area contributed by atoms with Gasteiger partial charge in [-0.25, -0.2) is 13.4 Å². The van der Waals surface area contributed by atoms with Gasteiger partial charge in [0.05, 0.1) is 5.69 Å². The molecule has 3 aromatic rings. The molecule has 0 saturated carbocycles. The third-order valence-corrected chi connectivity index (χ3v) is 9.57. The zero-order valence-corrected chi connectivity index (χ0v) is 19.1. The van der Waals surface area contributed by atoms with Crippen LogP contribution in [0.25, 0.3) is 10.1 Å². The summed E-state index contributed by atoms with van der Waals surface area (Å²) in [6.45, 7) is 4.80. The maximum atomic E-state index is 13.0. The topological polar surface area (TPSA) is 79.4 Å². The number of rotatable bonds is 4. The fourth-order valence-electron chi connectivity index (χ4n) is 3.60. The summed E-state index contributed by atoms with van der Waals surface area (Å²) in [5.41, 5.74) is 1.57. The first kappa shape index (κ1) is 20.6. The number of anilines is 1. The number of thiazole rings is 1. The van der Waals surface area contributed by atoms with Crippen molar-refractivity contribution in [3.05, 3.63) is 39.9 Å². The van der Waals surface area contributed by atoms with E-state index in [2.05, 4.69) is 9.71 Å². The van der Waals surface area contributed by atoms with Crippen LogP contribution in [0.5, 0.6) is 0 Å². The summed E-state index contributed by atoms with van der Waals surface area (Å²) in [6.07, 6.45) is 1.68. The lowest BCUT2D eigenvalue weighted by Gasteiger charge is -2.30. The third-order valence-electron chi connectivity index (χ3n) is 5.20. The van der Waals surface area contributed by atoms with Gasteiger partial charge in [0.25, 0.3) is 10.0 Å². The molecule has 0 aliphatic carbocycles. The van der Waals surface area contributed by atoms with Gasteiger partial charge in [-0.1, -0.05) is 11.6 Å². The van der Waals surface area contributed by atoms with Crippen LogP contribution in [0, 0.1) is 6.92 Å². The number of carbonyl (C=O) groups is 1. The van der Waals surface area contributed by atoms with Gasteiger partial charge in [0, 0.05) is 41.0 Å². The summed E-state index contributed by atoms with van der Waals surface area (Å²) in [5.74, 6) is 0.337. The van der Waals surface area contributed by atoms with Crippen molar-refractivity contribution < 1.29 is 13.2 Å². The molecule has 1 aliphatic rings. The van der Waals surface area contributed by atoms with Crippen molar-refractivity contribution in [1.82, 2.24) is 9.88 Å². The fourth-order valence-corrected chi connectivity index (χ4v) is 7.56. The van der Waals surface area contributed by atoms with Gasteiger partial charge in [0.1, 0.15) is 4.21 Å². The van der Waals surface area contributed by atoms with E-state index in [0.717, 1.165) is 28.6 Å². The molecule has 6 nitrogen and oxygen atoms in total. The Morgan fingerprint density at radius 2 is 2.03 bits per heavy atom. The number of sulfonamides is 1. The van der Waals surface area contributed by atoms with E-state index < -0.39 is 10.0 Å². The molecule has 29 heavy (non-hydrogen) atoms. The van der Waals surface area contributed by atoms with Gasteiger partial charge in [-0.3, -0.25) is 9.52 Å². The van der Waals surface area contributed by atoms with Gasteiger partial charge in [0.15, 0.2) is 5.13 Å². The first-order chi connectivity index (χ1) is 13.7. The quantitative estimate of drug-likeness (QED) is 0.592. The average molecular weight is 470 g/mol. The van der Waals surface area contributed by atoms with E-state index in [1.54, 1.807) is 26.0 Å². The first-order valence-electron chi connectivity index (χ1n) is 9.17. The van der Waals surface area contributed by atoms with E-state index in [0.29, 0.717) is 28.8 Å². The summed E-state index contributed by atoms with van der Waals surface area (Å²) in [5, 5.41) is 3.70. The first-order valence-corrected chi connectivity index (χ1v) is 12.7. The summed E-state index contributed by atoms with van der Waals surface area (Å²) < 4.78 is 29.7. The van der Waals surface area contributed by atoms with Crippen LogP contribution in [0.3, 0.4) is 0 Å². The van der Waals surface area contributed by atoms with Gasteiger partial charge in [-0.05, 0) is 48.9 Å². The SMILES string of the molecule is CC(=O)N1CCC(c2csc(NS(=O)(=O)c3sc4ccc(Cl)cc4c3C)n2)CC1. The van der Waals surface area contributed by atoms with E-state index in [9.17, 15) is 13.2 Å². The molecule has 0 unspecified atom stereocenters.